The molecule has 2 aromatic rings. The van der Waals surface area contributed by atoms with Crippen LogP contribution in [0.15, 0.2) is 35.3 Å². The zero-order valence-corrected chi connectivity index (χ0v) is 10.5. The number of piperidine rings is 1. The Kier molecular flexibility index (Phi) is 3.21. The Morgan fingerprint density at radius 3 is 2.79 bits per heavy atom. The number of benzene rings is 1. The van der Waals surface area contributed by atoms with Crippen LogP contribution in [0.3, 0.4) is 0 Å². The fourth-order valence-electron chi connectivity index (χ4n) is 2.57. The molecule has 1 fully saturated rings. The lowest BCUT2D eigenvalue weighted by Gasteiger charge is -2.22. The predicted molar refractivity (Wildman–Crippen MR) is 71.6 cm³/mol. The fourth-order valence-corrected chi connectivity index (χ4v) is 2.57. The second-order valence-corrected chi connectivity index (χ2v) is 4.87. The van der Waals surface area contributed by atoms with Gasteiger partial charge in [0.1, 0.15) is 5.82 Å². The van der Waals surface area contributed by atoms with Crippen LogP contribution in [0.4, 0.5) is 4.39 Å². The van der Waals surface area contributed by atoms with E-state index in [0.717, 1.165) is 25.9 Å². The lowest BCUT2D eigenvalue weighted by atomic mass is 10.1. The number of aromatic nitrogens is 2. The van der Waals surface area contributed by atoms with Crippen molar-refractivity contribution in [2.75, 3.05) is 13.1 Å². The average molecular weight is 261 g/mol. The molecule has 0 unspecified atom stereocenters. The van der Waals surface area contributed by atoms with E-state index < -0.39 is 0 Å². The first-order valence-electron chi connectivity index (χ1n) is 6.52. The Morgan fingerprint density at radius 1 is 1.26 bits per heavy atom. The minimum Gasteiger partial charge on any atom is -0.317 e. The molecule has 0 aliphatic carbocycles. The van der Waals surface area contributed by atoms with Gasteiger partial charge < -0.3 is 10.3 Å². The predicted octanol–water partition coefficient (Wildman–Crippen LogP) is 1.91. The minimum absolute atomic E-state index is 0.119. The highest BCUT2D eigenvalue weighted by Crippen LogP contribution is 2.21. The molecular formula is C14H16FN3O. The molecule has 0 atom stereocenters. The monoisotopic (exact) mass is 261 g/mol. The van der Waals surface area contributed by atoms with Gasteiger partial charge in [-0.15, -0.1) is 0 Å². The van der Waals surface area contributed by atoms with Crippen molar-refractivity contribution < 1.29 is 4.39 Å². The van der Waals surface area contributed by atoms with E-state index in [1.807, 2.05) is 0 Å². The van der Waals surface area contributed by atoms with Crippen molar-refractivity contribution in [2.45, 2.75) is 18.9 Å². The van der Waals surface area contributed by atoms with Crippen molar-refractivity contribution in [2.24, 2.45) is 0 Å². The Hall–Kier alpha value is -1.88. The van der Waals surface area contributed by atoms with Gasteiger partial charge >= 0.3 is 5.69 Å². The fraction of sp³-hybridized carbons (Fsp3) is 0.357. The molecule has 0 saturated carbocycles. The third kappa shape index (κ3) is 2.46. The molecule has 1 aromatic carbocycles. The Balaban J connectivity index is 1.94. The van der Waals surface area contributed by atoms with Crippen LogP contribution in [0.1, 0.15) is 18.9 Å². The first-order valence-corrected chi connectivity index (χ1v) is 6.52. The topological polar surface area (TPSA) is 49.8 Å². The Bertz CT molecular complexity index is 626. The molecule has 3 rings (SSSR count). The van der Waals surface area contributed by atoms with E-state index >= 15 is 0 Å². The van der Waals surface area contributed by atoms with Gasteiger partial charge in [0.15, 0.2) is 0 Å². The SMILES string of the molecule is O=c1[nH]c(-c2cccc(F)c2)cn1C1CCNCC1. The second kappa shape index (κ2) is 5.01. The van der Waals surface area contributed by atoms with E-state index in [1.54, 1.807) is 22.9 Å². The summed E-state index contributed by atoms with van der Waals surface area (Å²) in [6, 6.07) is 6.49. The van der Waals surface area contributed by atoms with E-state index in [0.29, 0.717) is 11.3 Å². The Morgan fingerprint density at radius 2 is 2.05 bits per heavy atom. The number of halogens is 1. The molecule has 4 nitrogen and oxygen atoms in total. The van der Waals surface area contributed by atoms with Crippen molar-refractivity contribution in [3.63, 3.8) is 0 Å². The molecule has 1 saturated heterocycles. The zero-order valence-electron chi connectivity index (χ0n) is 10.5. The zero-order chi connectivity index (χ0) is 13.2. The van der Waals surface area contributed by atoms with Crippen LogP contribution in [0.2, 0.25) is 0 Å². The van der Waals surface area contributed by atoms with Crippen LogP contribution in [-0.4, -0.2) is 22.6 Å². The largest absolute Gasteiger partial charge is 0.326 e. The number of nitrogens with zero attached hydrogens (tertiary/aromatic N) is 1. The summed E-state index contributed by atoms with van der Waals surface area (Å²) in [6.45, 7) is 1.86. The summed E-state index contributed by atoms with van der Waals surface area (Å²) in [5.41, 5.74) is 1.25. The van der Waals surface area contributed by atoms with Crippen molar-refractivity contribution in [1.29, 1.82) is 0 Å². The van der Waals surface area contributed by atoms with E-state index in [2.05, 4.69) is 10.3 Å². The van der Waals surface area contributed by atoms with E-state index in [-0.39, 0.29) is 17.5 Å². The third-order valence-corrected chi connectivity index (χ3v) is 3.58. The number of imidazole rings is 1. The molecule has 2 N–H and O–H groups in total. The second-order valence-electron chi connectivity index (χ2n) is 4.87. The molecule has 1 aromatic heterocycles. The van der Waals surface area contributed by atoms with Crippen LogP contribution < -0.4 is 11.0 Å². The normalized spacial score (nSPS) is 16.7. The molecule has 0 spiro atoms. The number of rotatable bonds is 2. The maximum atomic E-state index is 13.2. The van der Waals surface area contributed by atoms with Crippen LogP contribution in [-0.2, 0) is 0 Å². The molecular weight excluding hydrogens is 245 g/mol. The number of hydrogen-bond acceptors (Lipinski definition) is 2. The third-order valence-electron chi connectivity index (χ3n) is 3.58. The van der Waals surface area contributed by atoms with Crippen LogP contribution in [0, 0.1) is 5.82 Å². The highest BCUT2D eigenvalue weighted by molar-refractivity contribution is 5.58. The van der Waals surface area contributed by atoms with Crippen molar-refractivity contribution in [3.05, 3.63) is 46.8 Å². The van der Waals surface area contributed by atoms with Gasteiger partial charge in [-0.3, -0.25) is 4.57 Å². The quantitative estimate of drug-likeness (QED) is 0.867. The van der Waals surface area contributed by atoms with Gasteiger partial charge in [0.05, 0.1) is 5.69 Å². The first kappa shape index (κ1) is 12.2. The van der Waals surface area contributed by atoms with Crippen LogP contribution in [0.25, 0.3) is 11.3 Å². The summed E-state index contributed by atoms with van der Waals surface area (Å²) in [5, 5.41) is 3.27. The van der Waals surface area contributed by atoms with E-state index in [9.17, 15) is 9.18 Å². The standard InChI is InChI=1S/C14H16FN3O/c15-11-3-1-2-10(8-11)13-9-18(14(19)17-13)12-4-6-16-7-5-12/h1-3,8-9,12,16H,4-7H2,(H,17,19). The van der Waals surface area contributed by atoms with Gasteiger partial charge in [-0.1, -0.05) is 12.1 Å². The highest BCUT2D eigenvalue weighted by Gasteiger charge is 2.17. The van der Waals surface area contributed by atoms with Crippen molar-refractivity contribution >= 4 is 0 Å². The minimum atomic E-state index is -0.298. The molecule has 1 aliphatic rings. The number of nitrogens with one attached hydrogen (secondary N) is 2. The number of aromatic amines is 1. The lowest BCUT2D eigenvalue weighted by molar-refractivity contribution is 0.361. The van der Waals surface area contributed by atoms with Gasteiger partial charge in [0.25, 0.3) is 0 Å². The van der Waals surface area contributed by atoms with Gasteiger partial charge in [0.2, 0.25) is 0 Å². The van der Waals surface area contributed by atoms with Gasteiger partial charge in [-0.25, -0.2) is 9.18 Å². The molecule has 2 heterocycles. The molecule has 19 heavy (non-hydrogen) atoms. The van der Waals surface area contributed by atoms with Crippen LogP contribution >= 0.6 is 0 Å². The van der Waals surface area contributed by atoms with Gasteiger partial charge in [-0.05, 0) is 38.1 Å². The first-order chi connectivity index (χ1) is 9.24. The maximum absolute atomic E-state index is 13.2. The van der Waals surface area contributed by atoms with Gasteiger partial charge in [0, 0.05) is 17.8 Å². The summed E-state index contributed by atoms with van der Waals surface area (Å²) in [4.78, 5) is 14.8. The van der Waals surface area contributed by atoms with E-state index in [4.69, 9.17) is 0 Å². The van der Waals surface area contributed by atoms with E-state index in [1.165, 1.54) is 12.1 Å². The summed E-state index contributed by atoms with van der Waals surface area (Å²) in [5.74, 6) is -0.298. The maximum Gasteiger partial charge on any atom is 0.326 e. The lowest BCUT2D eigenvalue weighted by Crippen LogP contribution is -2.32. The summed E-state index contributed by atoms with van der Waals surface area (Å²) in [6.07, 6.45) is 3.69. The summed E-state index contributed by atoms with van der Waals surface area (Å²) < 4.78 is 14.9. The van der Waals surface area contributed by atoms with Gasteiger partial charge in [-0.2, -0.15) is 0 Å². The van der Waals surface area contributed by atoms with Crippen LogP contribution in [0.5, 0.6) is 0 Å². The highest BCUT2D eigenvalue weighted by atomic mass is 19.1. The molecule has 1 aliphatic heterocycles. The number of H-pyrrole nitrogens is 1. The average Bonchev–Trinajstić information content (AvgIpc) is 2.82. The molecule has 0 amide bonds. The molecule has 0 bridgehead atoms. The summed E-state index contributed by atoms with van der Waals surface area (Å²) >= 11 is 0. The van der Waals surface area contributed by atoms with Crippen molar-refractivity contribution in [3.8, 4) is 11.3 Å². The smallest absolute Gasteiger partial charge is 0.317 e. The summed E-state index contributed by atoms with van der Waals surface area (Å²) in [7, 11) is 0. The number of hydrogen-bond donors (Lipinski definition) is 2. The molecule has 5 heteroatoms. The Labute approximate surface area is 110 Å². The van der Waals surface area contributed by atoms with Crippen molar-refractivity contribution in [1.82, 2.24) is 14.9 Å². The molecule has 0 radical (unpaired) electrons. The molecule has 100 valence electrons.